The van der Waals surface area contributed by atoms with E-state index in [1.54, 1.807) is 36.4 Å². The largest absolute Gasteiger partial charge is 0.508 e. The Labute approximate surface area is 215 Å². The van der Waals surface area contributed by atoms with E-state index in [1.165, 1.54) is 6.92 Å². The summed E-state index contributed by atoms with van der Waals surface area (Å²) in [6.07, 6.45) is -0.479. The third-order valence-corrected chi connectivity index (χ3v) is 7.08. The molecule has 0 saturated carbocycles. The van der Waals surface area contributed by atoms with E-state index in [-0.39, 0.29) is 35.4 Å². The number of likely N-dealkylation sites (tertiary alicyclic amines) is 1. The lowest BCUT2D eigenvalue weighted by Crippen LogP contribution is -2.49. The summed E-state index contributed by atoms with van der Waals surface area (Å²) in [4.78, 5) is 14.0. The molecule has 2 aliphatic rings. The molecule has 5 rings (SSSR count). The van der Waals surface area contributed by atoms with Gasteiger partial charge in [-0.05, 0) is 73.0 Å². The van der Waals surface area contributed by atoms with Gasteiger partial charge >= 0.3 is 0 Å². The molecule has 0 bridgehead atoms. The lowest BCUT2D eigenvalue weighted by molar-refractivity contribution is 0.0668. The molecule has 1 fully saturated rings. The summed E-state index contributed by atoms with van der Waals surface area (Å²) in [5, 5.41) is 20.6. The van der Waals surface area contributed by atoms with E-state index in [4.69, 9.17) is 9.47 Å². The van der Waals surface area contributed by atoms with Crippen molar-refractivity contribution in [1.82, 2.24) is 4.90 Å². The molecule has 3 aromatic rings. The number of fused-ring (bicyclic) bond motifs is 1. The highest BCUT2D eigenvalue weighted by Crippen LogP contribution is 2.48. The van der Waals surface area contributed by atoms with Crippen LogP contribution in [-0.4, -0.2) is 53.8 Å². The van der Waals surface area contributed by atoms with Gasteiger partial charge in [-0.1, -0.05) is 18.2 Å². The summed E-state index contributed by atoms with van der Waals surface area (Å²) in [5.41, 5.74) is 4.37. The highest BCUT2D eigenvalue weighted by Gasteiger charge is 2.30. The van der Waals surface area contributed by atoms with Gasteiger partial charge in [-0.15, -0.1) is 0 Å². The maximum atomic E-state index is 12.6. The standard InChI is InChI=1S/C30H30FNO5/c1-18-26-14-23(34)6-10-28(26)37-30(29(18)22-5-9-25(19(2)33)27(35)13-22)21-3-7-24(8-4-21)36-12-11-32-16-20(15-31)17-32/h3-10,13-14,20,30,34-35H,11-12,15-17H2,1-2H3. The van der Waals surface area contributed by atoms with Gasteiger partial charge in [0.15, 0.2) is 5.78 Å². The van der Waals surface area contributed by atoms with Crippen LogP contribution in [0.2, 0.25) is 0 Å². The second-order valence-electron chi connectivity index (χ2n) is 9.70. The number of Topliss-reactive ketones (excluding diaryl/α,β-unsaturated/α-hetero) is 1. The maximum absolute atomic E-state index is 12.6. The van der Waals surface area contributed by atoms with Crippen LogP contribution in [0, 0.1) is 5.92 Å². The van der Waals surface area contributed by atoms with Crippen LogP contribution in [0.25, 0.3) is 11.1 Å². The van der Waals surface area contributed by atoms with Gasteiger partial charge in [0.05, 0.1) is 12.2 Å². The average Bonchev–Trinajstić information content (AvgIpc) is 2.85. The van der Waals surface area contributed by atoms with Crippen LogP contribution in [0.5, 0.6) is 23.0 Å². The molecule has 1 saturated heterocycles. The van der Waals surface area contributed by atoms with Crippen LogP contribution in [0.4, 0.5) is 4.39 Å². The minimum Gasteiger partial charge on any atom is -0.508 e. The van der Waals surface area contributed by atoms with Crippen LogP contribution in [0.15, 0.2) is 60.7 Å². The first-order chi connectivity index (χ1) is 17.8. The second kappa shape index (κ2) is 10.3. The van der Waals surface area contributed by atoms with Crippen molar-refractivity contribution in [3.8, 4) is 23.0 Å². The number of hydrogen-bond acceptors (Lipinski definition) is 6. The summed E-state index contributed by atoms with van der Waals surface area (Å²) in [5.74, 6) is 1.38. The predicted octanol–water partition coefficient (Wildman–Crippen LogP) is 5.64. The zero-order valence-electron chi connectivity index (χ0n) is 20.9. The SMILES string of the molecule is CC(=O)c1ccc(C2=C(C)c3cc(O)ccc3OC2c2ccc(OCCN3CC(CF)C3)cc2)cc1O. The Balaban J connectivity index is 1.42. The van der Waals surface area contributed by atoms with E-state index in [9.17, 15) is 19.4 Å². The fourth-order valence-electron chi connectivity index (χ4n) is 5.03. The molecule has 2 heterocycles. The van der Waals surface area contributed by atoms with Crippen LogP contribution >= 0.6 is 0 Å². The van der Waals surface area contributed by atoms with Crippen molar-refractivity contribution in [2.75, 3.05) is 32.9 Å². The number of phenols is 2. The number of rotatable bonds is 8. The van der Waals surface area contributed by atoms with E-state index in [2.05, 4.69) is 4.90 Å². The van der Waals surface area contributed by atoms with Crippen LogP contribution in [-0.2, 0) is 0 Å². The quantitative estimate of drug-likeness (QED) is 0.387. The third kappa shape index (κ3) is 5.04. The molecule has 0 aromatic heterocycles. The molecule has 2 N–H and O–H groups in total. The average molecular weight is 504 g/mol. The number of hydrogen-bond donors (Lipinski definition) is 2. The minimum absolute atomic E-state index is 0.0884. The first-order valence-corrected chi connectivity index (χ1v) is 12.4. The summed E-state index contributed by atoms with van der Waals surface area (Å²) in [6.45, 7) is 5.98. The minimum atomic E-state index is -0.479. The molecule has 6 nitrogen and oxygen atoms in total. The van der Waals surface area contributed by atoms with Crippen LogP contribution < -0.4 is 9.47 Å². The monoisotopic (exact) mass is 503 g/mol. The Morgan fingerprint density at radius 2 is 1.84 bits per heavy atom. The van der Waals surface area contributed by atoms with Crippen molar-refractivity contribution < 1.29 is 28.9 Å². The zero-order chi connectivity index (χ0) is 26.1. The second-order valence-corrected chi connectivity index (χ2v) is 9.70. The number of ether oxygens (including phenoxy) is 2. The van der Waals surface area contributed by atoms with Crippen LogP contribution in [0.1, 0.15) is 47.0 Å². The Kier molecular flexibility index (Phi) is 6.89. The highest BCUT2D eigenvalue weighted by molar-refractivity contribution is 5.99. The fraction of sp³-hybridized carbons (Fsp3) is 0.300. The molecule has 1 unspecified atom stereocenters. The molecular formula is C30H30FNO5. The molecule has 1 atom stereocenters. The Bertz CT molecular complexity index is 1340. The molecular weight excluding hydrogens is 473 g/mol. The third-order valence-electron chi connectivity index (χ3n) is 7.08. The highest BCUT2D eigenvalue weighted by atomic mass is 19.1. The van der Waals surface area contributed by atoms with Crippen molar-refractivity contribution in [1.29, 1.82) is 0 Å². The summed E-state index contributed by atoms with van der Waals surface area (Å²) < 4.78 is 24.9. The van der Waals surface area contributed by atoms with Gasteiger partial charge in [-0.3, -0.25) is 14.1 Å². The summed E-state index contributed by atoms with van der Waals surface area (Å²) in [7, 11) is 0. The van der Waals surface area contributed by atoms with E-state index in [0.717, 1.165) is 53.2 Å². The number of carbonyl (C=O) groups excluding carboxylic acids is 1. The molecule has 3 aromatic carbocycles. The van der Waals surface area contributed by atoms with Gasteiger partial charge in [0.2, 0.25) is 0 Å². The van der Waals surface area contributed by atoms with Gasteiger partial charge < -0.3 is 19.7 Å². The van der Waals surface area contributed by atoms with Gasteiger partial charge in [0.1, 0.15) is 35.7 Å². The van der Waals surface area contributed by atoms with Gasteiger partial charge in [-0.2, -0.15) is 0 Å². The molecule has 0 amide bonds. The first kappa shape index (κ1) is 24.8. The lowest BCUT2D eigenvalue weighted by Gasteiger charge is -2.37. The lowest BCUT2D eigenvalue weighted by atomic mass is 9.85. The number of nitrogens with zero attached hydrogens (tertiary/aromatic N) is 1. The number of phenolic OH excluding ortho intramolecular Hbond substituents is 2. The van der Waals surface area contributed by atoms with Crippen molar-refractivity contribution in [2.24, 2.45) is 5.92 Å². The molecule has 7 heteroatoms. The molecule has 0 aliphatic carbocycles. The molecule has 37 heavy (non-hydrogen) atoms. The molecule has 0 spiro atoms. The van der Waals surface area contributed by atoms with Crippen LogP contribution in [0.3, 0.4) is 0 Å². The molecule has 192 valence electrons. The number of aromatic hydroxyl groups is 2. The molecule has 2 aliphatic heterocycles. The first-order valence-electron chi connectivity index (χ1n) is 12.4. The predicted molar refractivity (Wildman–Crippen MR) is 140 cm³/mol. The normalized spacial score (nSPS) is 17.6. The summed E-state index contributed by atoms with van der Waals surface area (Å²) in [6, 6.07) is 17.7. The number of benzene rings is 3. The smallest absolute Gasteiger partial charge is 0.163 e. The Hall–Kier alpha value is -3.84. The molecule has 0 radical (unpaired) electrons. The van der Waals surface area contributed by atoms with E-state index in [1.807, 2.05) is 31.2 Å². The number of alkyl halides is 1. The fourth-order valence-corrected chi connectivity index (χ4v) is 5.03. The van der Waals surface area contributed by atoms with Crippen molar-refractivity contribution in [2.45, 2.75) is 20.0 Å². The van der Waals surface area contributed by atoms with Gasteiger partial charge in [0.25, 0.3) is 0 Å². The van der Waals surface area contributed by atoms with E-state index in [0.29, 0.717) is 12.4 Å². The van der Waals surface area contributed by atoms with Crippen molar-refractivity contribution in [3.05, 3.63) is 82.9 Å². The topological polar surface area (TPSA) is 79.2 Å². The van der Waals surface area contributed by atoms with Gasteiger partial charge in [-0.25, -0.2) is 0 Å². The van der Waals surface area contributed by atoms with E-state index >= 15 is 0 Å². The number of allylic oxidation sites excluding steroid dienone is 1. The maximum Gasteiger partial charge on any atom is 0.163 e. The van der Waals surface area contributed by atoms with E-state index < -0.39 is 6.10 Å². The van der Waals surface area contributed by atoms with Gasteiger partial charge in [0, 0.05) is 36.7 Å². The Morgan fingerprint density at radius 1 is 1.08 bits per heavy atom. The summed E-state index contributed by atoms with van der Waals surface area (Å²) >= 11 is 0. The van der Waals surface area contributed by atoms with Crippen molar-refractivity contribution in [3.63, 3.8) is 0 Å². The number of ketones is 1. The van der Waals surface area contributed by atoms with Crippen molar-refractivity contribution >= 4 is 16.9 Å². The number of carbonyl (C=O) groups is 1. The number of halogens is 1. The zero-order valence-corrected chi connectivity index (χ0v) is 20.9. The Morgan fingerprint density at radius 3 is 2.51 bits per heavy atom.